The maximum Gasteiger partial charge on any atom is 0.330 e. The summed E-state index contributed by atoms with van der Waals surface area (Å²) in [6.07, 6.45) is 0. The number of hydrogen-bond donors (Lipinski definition) is 1. The molecule has 0 saturated carbocycles. The van der Waals surface area contributed by atoms with Gasteiger partial charge >= 0.3 is 5.97 Å². The maximum atomic E-state index is 12.6. The number of carbonyl (C=O) groups is 2. The van der Waals surface area contributed by atoms with Gasteiger partial charge in [0.1, 0.15) is 11.3 Å². The number of nitrogens with one attached hydrogen (secondary N) is 1. The molecule has 0 unspecified atom stereocenters. The van der Waals surface area contributed by atoms with Gasteiger partial charge in [-0.25, -0.2) is 4.79 Å². The molecular weight excluding hydrogens is 294 g/mol. The average molecular weight is 315 g/mol. The number of benzene rings is 2. The van der Waals surface area contributed by atoms with Gasteiger partial charge in [0, 0.05) is 0 Å². The van der Waals surface area contributed by atoms with Crippen LogP contribution in [0.4, 0.5) is 0 Å². The molecule has 0 fully saturated rings. The van der Waals surface area contributed by atoms with Crippen LogP contribution in [0.25, 0.3) is 10.8 Å². The molecule has 2 aromatic rings. The van der Waals surface area contributed by atoms with Crippen LogP contribution in [0.5, 0.6) is 5.75 Å². The van der Waals surface area contributed by atoms with Gasteiger partial charge in [-0.15, -0.1) is 0 Å². The van der Waals surface area contributed by atoms with Crippen molar-refractivity contribution < 1.29 is 19.1 Å². The fourth-order valence-corrected chi connectivity index (χ4v) is 2.33. The Hall–Kier alpha value is -2.56. The van der Waals surface area contributed by atoms with Gasteiger partial charge in [-0.1, -0.05) is 24.3 Å². The summed E-state index contributed by atoms with van der Waals surface area (Å²) in [5, 5.41) is 4.61. The summed E-state index contributed by atoms with van der Waals surface area (Å²) in [4.78, 5) is 24.4. The average Bonchev–Trinajstić information content (AvgIpc) is 2.53. The van der Waals surface area contributed by atoms with Crippen LogP contribution in [0.3, 0.4) is 0 Å². The lowest BCUT2D eigenvalue weighted by molar-refractivity contribution is -0.146. The molecule has 1 amide bonds. The Morgan fingerprint density at radius 1 is 1.13 bits per heavy atom. The van der Waals surface area contributed by atoms with Gasteiger partial charge in [0.25, 0.3) is 5.91 Å². The lowest BCUT2D eigenvalue weighted by Crippen LogP contribution is -2.50. The number of rotatable bonds is 5. The first-order valence-electron chi connectivity index (χ1n) is 7.45. The number of methoxy groups -OCH3 is 1. The molecule has 0 radical (unpaired) electrons. The molecule has 23 heavy (non-hydrogen) atoms. The van der Waals surface area contributed by atoms with Crippen molar-refractivity contribution in [2.75, 3.05) is 13.7 Å². The third kappa shape index (κ3) is 3.62. The largest absolute Gasteiger partial charge is 0.493 e. The molecule has 0 aliphatic heterocycles. The van der Waals surface area contributed by atoms with Crippen molar-refractivity contribution in [3.8, 4) is 5.75 Å². The molecule has 0 heterocycles. The van der Waals surface area contributed by atoms with Crippen molar-refractivity contribution in [3.63, 3.8) is 0 Å². The topological polar surface area (TPSA) is 64.6 Å². The monoisotopic (exact) mass is 315 g/mol. The Kier molecular flexibility index (Phi) is 4.89. The van der Waals surface area contributed by atoms with Crippen LogP contribution < -0.4 is 10.1 Å². The van der Waals surface area contributed by atoms with E-state index in [4.69, 9.17) is 9.47 Å². The van der Waals surface area contributed by atoms with Crippen molar-refractivity contribution in [3.05, 3.63) is 42.0 Å². The highest BCUT2D eigenvalue weighted by Crippen LogP contribution is 2.26. The second kappa shape index (κ2) is 6.69. The lowest BCUT2D eigenvalue weighted by atomic mass is 10.0. The molecule has 0 saturated heterocycles. The predicted octanol–water partition coefficient (Wildman–Crippen LogP) is 2.92. The summed E-state index contributed by atoms with van der Waals surface area (Å²) < 4.78 is 10.3. The molecule has 0 bridgehead atoms. The number of esters is 1. The standard InChI is InChI=1S/C18H21NO4/c1-5-23-15-11-13-9-7-6-8-12(13)10-14(15)16(20)19-18(2,3)17(21)22-4/h6-11H,5H2,1-4H3,(H,19,20). The first kappa shape index (κ1) is 16.8. The summed E-state index contributed by atoms with van der Waals surface area (Å²) in [6, 6.07) is 11.3. The molecular formula is C18H21NO4. The van der Waals surface area contributed by atoms with E-state index in [-0.39, 0.29) is 5.91 Å². The van der Waals surface area contributed by atoms with Crippen LogP contribution in [0.15, 0.2) is 36.4 Å². The van der Waals surface area contributed by atoms with Crippen LogP contribution in [-0.2, 0) is 9.53 Å². The number of fused-ring (bicyclic) bond motifs is 1. The molecule has 0 aliphatic carbocycles. The van der Waals surface area contributed by atoms with Gasteiger partial charge < -0.3 is 14.8 Å². The quantitative estimate of drug-likeness (QED) is 0.862. The van der Waals surface area contributed by atoms with E-state index in [0.29, 0.717) is 17.9 Å². The van der Waals surface area contributed by atoms with Gasteiger partial charge in [-0.05, 0) is 43.7 Å². The fourth-order valence-electron chi connectivity index (χ4n) is 2.33. The maximum absolute atomic E-state index is 12.6. The zero-order valence-electron chi connectivity index (χ0n) is 13.8. The smallest absolute Gasteiger partial charge is 0.330 e. The second-order valence-electron chi connectivity index (χ2n) is 5.70. The minimum absolute atomic E-state index is 0.380. The summed E-state index contributed by atoms with van der Waals surface area (Å²) in [5.41, 5.74) is -0.733. The van der Waals surface area contributed by atoms with Gasteiger partial charge in [-0.3, -0.25) is 4.79 Å². The minimum Gasteiger partial charge on any atom is -0.493 e. The molecule has 0 aromatic heterocycles. The normalized spacial score (nSPS) is 11.1. The van der Waals surface area contributed by atoms with E-state index in [1.54, 1.807) is 19.9 Å². The van der Waals surface area contributed by atoms with Gasteiger partial charge in [0.2, 0.25) is 0 Å². The van der Waals surface area contributed by atoms with E-state index in [9.17, 15) is 9.59 Å². The van der Waals surface area contributed by atoms with Crippen molar-refractivity contribution in [1.29, 1.82) is 0 Å². The molecule has 0 spiro atoms. The Morgan fingerprint density at radius 3 is 2.30 bits per heavy atom. The van der Waals surface area contributed by atoms with Gasteiger partial charge in [0.05, 0.1) is 19.3 Å². The van der Waals surface area contributed by atoms with Crippen LogP contribution in [0, 0.1) is 0 Å². The summed E-state index contributed by atoms with van der Waals surface area (Å²) in [6.45, 7) is 5.49. The van der Waals surface area contributed by atoms with E-state index >= 15 is 0 Å². The predicted molar refractivity (Wildman–Crippen MR) is 88.7 cm³/mol. The van der Waals surface area contributed by atoms with E-state index in [2.05, 4.69) is 5.32 Å². The molecule has 0 aliphatic rings. The third-order valence-electron chi connectivity index (χ3n) is 3.51. The molecule has 2 aromatic carbocycles. The first-order chi connectivity index (χ1) is 10.9. The minimum atomic E-state index is -1.12. The van der Waals surface area contributed by atoms with Crippen LogP contribution in [0.1, 0.15) is 31.1 Å². The van der Waals surface area contributed by atoms with Crippen molar-refractivity contribution in [2.45, 2.75) is 26.3 Å². The Balaban J connectivity index is 2.42. The van der Waals surface area contributed by atoms with Crippen LogP contribution in [-0.4, -0.2) is 31.1 Å². The third-order valence-corrected chi connectivity index (χ3v) is 3.51. The Bertz CT molecular complexity index is 737. The highest BCUT2D eigenvalue weighted by atomic mass is 16.5. The van der Waals surface area contributed by atoms with E-state index in [1.165, 1.54) is 7.11 Å². The number of amides is 1. The lowest BCUT2D eigenvalue weighted by Gasteiger charge is -2.23. The first-order valence-corrected chi connectivity index (χ1v) is 7.45. The fraction of sp³-hybridized carbons (Fsp3) is 0.333. The van der Waals surface area contributed by atoms with Gasteiger partial charge in [0.15, 0.2) is 0 Å². The molecule has 5 heteroatoms. The zero-order valence-corrected chi connectivity index (χ0v) is 13.8. The SMILES string of the molecule is CCOc1cc2ccccc2cc1C(=O)NC(C)(C)C(=O)OC. The van der Waals surface area contributed by atoms with Crippen LogP contribution in [0.2, 0.25) is 0 Å². The molecule has 2 rings (SSSR count). The van der Waals surface area contributed by atoms with Crippen molar-refractivity contribution in [1.82, 2.24) is 5.32 Å². The molecule has 5 nitrogen and oxygen atoms in total. The Labute approximate surface area is 135 Å². The number of ether oxygens (including phenoxy) is 2. The highest BCUT2D eigenvalue weighted by Gasteiger charge is 2.31. The Morgan fingerprint density at radius 2 is 1.74 bits per heavy atom. The molecule has 1 N–H and O–H groups in total. The molecule has 122 valence electrons. The highest BCUT2D eigenvalue weighted by molar-refractivity contribution is 6.03. The van der Waals surface area contributed by atoms with E-state index in [1.807, 2.05) is 37.3 Å². The zero-order chi connectivity index (χ0) is 17.0. The molecule has 0 atom stereocenters. The van der Waals surface area contributed by atoms with E-state index in [0.717, 1.165) is 10.8 Å². The summed E-state index contributed by atoms with van der Waals surface area (Å²) in [7, 11) is 1.29. The van der Waals surface area contributed by atoms with Crippen molar-refractivity contribution >= 4 is 22.6 Å². The summed E-state index contributed by atoms with van der Waals surface area (Å²) in [5.74, 6) is -0.399. The number of hydrogen-bond acceptors (Lipinski definition) is 4. The van der Waals surface area contributed by atoms with E-state index < -0.39 is 11.5 Å². The van der Waals surface area contributed by atoms with Crippen molar-refractivity contribution in [2.24, 2.45) is 0 Å². The number of carbonyl (C=O) groups excluding carboxylic acids is 2. The van der Waals surface area contributed by atoms with Gasteiger partial charge in [-0.2, -0.15) is 0 Å². The summed E-state index contributed by atoms with van der Waals surface area (Å²) >= 11 is 0. The van der Waals surface area contributed by atoms with Crippen LogP contribution >= 0.6 is 0 Å². The second-order valence-corrected chi connectivity index (χ2v) is 5.70.